The van der Waals surface area contributed by atoms with Crippen molar-refractivity contribution in [2.75, 3.05) is 18.4 Å². The predicted molar refractivity (Wildman–Crippen MR) is 106 cm³/mol. The van der Waals surface area contributed by atoms with Gasteiger partial charge in [0, 0.05) is 18.0 Å². The number of thiophene rings is 1. The van der Waals surface area contributed by atoms with Gasteiger partial charge in [-0.15, -0.1) is 11.3 Å². The molecule has 26 heavy (non-hydrogen) atoms. The molecule has 6 heteroatoms. The van der Waals surface area contributed by atoms with Gasteiger partial charge in [0.2, 0.25) is 5.91 Å². The minimum absolute atomic E-state index is 0.123. The Morgan fingerprint density at radius 3 is 2.85 bits per heavy atom. The number of fused-ring (bicyclic) bond motifs is 1. The van der Waals surface area contributed by atoms with Gasteiger partial charge in [-0.2, -0.15) is 0 Å². The summed E-state index contributed by atoms with van der Waals surface area (Å²) in [4.78, 5) is 28.0. The summed E-state index contributed by atoms with van der Waals surface area (Å²) in [6, 6.07) is 7.88. The molecule has 2 amide bonds. The summed E-state index contributed by atoms with van der Waals surface area (Å²) in [6.45, 7) is 6.95. The molecule has 0 aliphatic carbocycles. The van der Waals surface area contributed by atoms with Gasteiger partial charge in [0.25, 0.3) is 5.91 Å². The Morgan fingerprint density at radius 1 is 1.35 bits per heavy atom. The lowest BCUT2D eigenvalue weighted by molar-refractivity contribution is -0.115. The van der Waals surface area contributed by atoms with Crippen LogP contribution >= 0.6 is 11.3 Å². The molecular formula is C20H25N3O2S. The van der Waals surface area contributed by atoms with E-state index in [4.69, 9.17) is 5.73 Å². The number of hydrogen-bond donors (Lipinski definition) is 2. The molecule has 0 saturated carbocycles. The van der Waals surface area contributed by atoms with E-state index in [9.17, 15) is 9.59 Å². The van der Waals surface area contributed by atoms with Gasteiger partial charge in [-0.05, 0) is 37.4 Å². The van der Waals surface area contributed by atoms with Crippen molar-refractivity contribution in [3.05, 3.63) is 51.4 Å². The monoisotopic (exact) mass is 371 g/mol. The first-order valence-electron chi connectivity index (χ1n) is 9.00. The quantitative estimate of drug-likeness (QED) is 0.819. The molecule has 1 aliphatic heterocycles. The average Bonchev–Trinajstić information content (AvgIpc) is 2.92. The molecule has 1 aromatic carbocycles. The van der Waals surface area contributed by atoms with E-state index in [1.54, 1.807) is 0 Å². The van der Waals surface area contributed by atoms with Gasteiger partial charge in [0.15, 0.2) is 0 Å². The van der Waals surface area contributed by atoms with E-state index in [-0.39, 0.29) is 12.3 Å². The summed E-state index contributed by atoms with van der Waals surface area (Å²) in [5, 5.41) is 3.52. The first-order valence-corrected chi connectivity index (χ1v) is 9.81. The second kappa shape index (κ2) is 8.01. The van der Waals surface area contributed by atoms with Crippen LogP contribution in [-0.4, -0.2) is 29.8 Å². The number of carbonyl (C=O) groups excluding carboxylic acids is 2. The first-order chi connectivity index (χ1) is 12.5. The third kappa shape index (κ3) is 4.14. The van der Waals surface area contributed by atoms with Crippen molar-refractivity contribution < 1.29 is 9.59 Å². The van der Waals surface area contributed by atoms with Gasteiger partial charge in [-0.3, -0.25) is 14.5 Å². The molecule has 0 spiro atoms. The van der Waals surface area contributed by atoms with Crippen molar-refractivity contribution in [1.29, 1.82) is 0 Å². The number of carbonyl (C=O) groups is 2. The lowest BCUT2D eigenvalue weighted by atomic mass is 10.0. The zero-order chi connectivity index (χ0) is 18.7. The number of amides is 2. The topological polar surface area (TPSA) is 75.4 Å². The molecule has 0 radical (unpaired) electrons. The Kier molecular flexibility index (Phi) is 5.74. The molecule has 0 saturated heterocycles. The fourth-order valence-electron chi connectivity index (χ4n) is 3.49. The zero-order valence-corrected chi connectivity index (χ0v) is 16.1. The van der Waals surface area contributed by atoms with E-state index in [0.717, 1.165) is 54.0 Å². The Balaban J connectivity index is 1.79. The summed E-state index contributed by atoms with van der Waals surface area (Å²) in [5.74, 6) is -0.584. The second-order valence-corrected chi connectivity index (χ2v) is 7.92. The van der Waals surface area contributed by atoms with Crippen molar-refractivity contribution in [2.24, 2.45) is 5.73 Å². The van der Waals surface area contributed by atoms with Crippen LogP contribution in [-0.2, 0) is 24.2 Å². The Hall–Kier alpha value is -2.18. The molecule has 2 heterocycles. The van der Waals surface area contributed by atoms with Gasteiger partial charge < -0.3 is 11.1 Å². The number of aryl methyl sites for hydroxylation is 1. The van der Waals surface area contributed by atoms with Crippen LogP contribution in [0.5, 0.6) is 0 Å². The van der Waals surface area contributed by atoms with E-state index >= 15 is 0 Å². The molecule has 1 aromatic heterocycles. The molecule has 3 rings (SSSR count). The standard InChI is InChI=1S/C20H25N3O2S/c1-3-8-23-9-7-15-16(12-23)26-20(18(15)19(21)25)22-17(24)11-14-6-4-5-13(2)10-14/h4-6,10H,3,7-9,11-12H2,1-2H3,(H2,21,25)(H,22,24). The Morgan fingerprint density at radius 2 is 2.15 bits per heavy atom. The normalized spacial score (nSPS) is 14.1. The zero-order valence-electron chi connectivity index (χ0n) is 15.3. The number of primary amides is 1. The van der Waals surface area contributed by atoms with Crippen LogP contribution in [0.1, 0.15) is 45.3 Å². The predicted octanol–water partition coefficient (Wildman–Crippen LogP) is 3.10. The Bertz CT molecular complexity index is 828. The summed E-state index contributed by atoms with van der Waals surface area (Å²) < 4.78 is 0. The first kappa shape index (κ1) is 18.6. The number of benzene rings is 1. The molecule has 138 valence electrons. The number of anilines is 1. The summed E-state index contributed by atoms with van der Waals surface area (Å²) in [7, 11) is 0. The lowest BCUT2D eigenvalue weighted by Gasteiger charge is -2.26. The molecule has 0 fully saturated rings. The maximum absolute atomic E-state index is 12.5. The minimum atomic E-state index is -0.461. The van der Waals surface area contributed by atoms with Gasteiger partial charge in [0.1, 0.15) is 5.00 Å². The maximum Gasteiger partial charge on any atom is 0.251 e. The molecule has 0 bridgehead atoms. The van der Waals surface area contributed by atoms with Gasteiger partial charge in [0.05, 0.1) is 12.0 Å². The maximum atomic E-state index is 12.5. The molecular weight excluding hydrogens is 346 g/mol. The van der Waals surface area contributed by atoms with E-state index < -0.39 is 5.91 Å². The van der Waals surface area contributed by atoms with Crippen molar-refractivity contribution >= 4 is 28.2 Å². The van der Waals surface area contributed by atoms with Crippen LogP contribution in [0, 0.1) is 6.92 Å². The fourth-order valence-corrected chi connectivity index (χ4v) is 4.80. The van der Waals surface area contributed by atoms with Gasteiger partial charge in [-0.1, -0.05) is 36.8 Å². The molecule has 0 atom stereocenters. The average molecular weight is 372 g/mol. The number of hydrogen-bond acceptors (Lipinski definition) is 4. The number of nitrogens with two attached hydrogens (primary N) is 1. The van der Waals surface area contributed by atoms with Gasteiger partial charge >= 0.3 is 0 Å². The third-order valence-electron chi connectivity index (χ3n) is 4.62. The van der Waals surface area contributed by atoms with E-state index in [1.807, 2.05) is 31.2 Å². The highest BCUT2D eigenvalue weighted by atomic mass is 32.1. The molecule has 5 nitrogen and oxygen atoms in total. The number of nitrogens with one attached hydrogen (secondary N) is 1. The third-order valence-corrected chi connectivity index (χ3v) is 5.75. The van der Waals surface area contributed by atoms with E-state index in [0.29, 0.717) is 10.6 Å². The number of nitrogens with zero attached hydrogens (tertiary/aromatic N) is 1. The molecule has 1 aliphatic rings. The highest BCUT2D eigenvalue weighted by Gasteiger charge is 2.27. The van der Waals surface area contributed by atoms with Crippen LogP contribution in [0.15, 0.2) is 24.3 Å². The SMILES string of the molecule is CCCN1CCc2c(sc(NC(=O)Cc3cccc(C)c3)c2C(N)=O)C1. The minimum Gasteiger partial charge on any atom is -0.365 e. The van der Waals surface area contributed by atoms with Crippen LogP contribution in [0.3, 0.4) is 0 Å². The Labute approximate surface area is 158 Å². The largest absolute Gasteiger partial charge is 0.365 e. The number of rotatable bonds is 6. The fraction of sp³-hybridized carbons (Fsp3) is 0.400. The molecule has 2 aromatic rings. The van der Waals surface area contributed by atoms with Crippen LogP contribution < -0.4 is 11.1 Å². The second-order valence-electron chi connectivity index (χ2n) is 6.81. The summed E-state index contributed by atoms with van der Waals surface area (Å²) in [6.07, 6.45) is 2.19. The highest BCUT2D eigenvalue weighted by Crippen LogP contribution is 2.37. The van der Waals surface area contributed by atoms with Crippen LogP contribution in [0.4, 0.5) is 5.00 Å². The van der Waals surface area contributed by atoms with Crippen LogP contribution in [0.2, 0.25) is 0 Å². The smallest absolute Gasteiger partial charge is 0.251 e. The summed E-state index contributed by atoms with van der Waals surface area (Å²) in [5.41, 5.74) is 9.22. The van der Waals surface area contributed by atoms with E-state index in [1.165, 1.54) is 11.3 Å². The van der Waals surface area contributed by atoms with E-state index in [2.05, 4.69) is 17.1 Å². The molecule has 0 unspecified atom stereocenters. The highest BCUT2D eigenvalue weighted by molar-refractivity contribution is 7.17. The van der Waals surface area contributed by atoms with Crippen LogP contribution in [0.25, 0.3) is 0 Å². The van der Waals surface area contributed by atoms with Crippen molar-refractivity contribution in [3.63, 3.8) is 0 Å². The van der Waals surface area contributed by atoms with Crippen molar-refractivity contribution in [3.8, 4) is 0 Å². The summed E-state index contributed by atoms with van der Waals surface area (Å²) >= 11 is 1.49. The lowest BCUT2D eigenvalue weighted by Crippen LogP contribution is -2.31. The van der Waals surface area contributed by atoms with Crippen molar-refractivity contribution in [1.82, 2.24) is 4.90 Å². The molecule has 3 N–H and O–H groups in total. The van der Waals surface area contributed by atoms with Crippen molar-refractivity contribution in [2.45, 2.75) is 39.7 Å². The van der Waals surface area contributed by atoms with Gasteiger partial charge in [-0.25, -0.2) is 0 Å².